The van der Waals surface area contributed by atoms with Crippen LogP contribution in [0, 0.1) is 0 Å². The molecule has 0 saturated heterocycles. The topological polar surface area (TPSA) is 70.8 Å². The normalized spacial score (nSPS) is 10.2. The number of hydrogen-bond acceptors (Lipinski definition) is 5. The van der Waals surface area contributed by atoms with Crippen molar-refractivity contribution in [1.29, 1.82) is 0 Å². The van der Waals surface area contributed by atoms with Crippen molar-refractivity contribution in [2.75, 3.05) is 26.1 Å². The summed E-state index contributed by atoms with van der Waals surface area (Å²) < 4.78 is 17.0. The highest BCUT2D eigenvalue weighted by molar-refractivity contribution is 9.10. The molecule has 0 aromatic heterocycles. The van der Waals surface area contributed by atoms with Crippen LogP contribution < -0.4 is 15.2 Å². The Balaban J connectivity index is 1.74. The Morgan fingerprint density at radius 3 is 2.38 bits per heavy atom. The molecule has 2 aromatic carbocycles. The van der Waals surface area contributed by atoms with E-state index < -0.39 is 5.97 Å². The summed E-state index contributed by atoms with van der Waals surface area (Å²) in [6, 6.07) is 12.6. The molecule has 128 valence electrons. The zero-order chi connectivity index (χ0) is 17.4. The Bertz CT molecular complexity index is 690. The van der Waals surface area contributed by atoms with Gasteiger partial charge in [-0.2, -0.15) is 0 Å². The van der Waals surface area contributed by atoms with Gasteiger partial charge < -0.3 is 19.9 Å². The summed E-state index contributed by atoms with van der Waals surface area (Å²) in [5.41, 5.74) is 6.77. The number of nitrogen functional groups attached to an aromatic ring is 1. The van der Waals surface area contributed by atoms with Gasteiger partial charge in [0.2, 0.25) is 0 Å². The van der Waals surface area contributed by atoms with E-state index in [2.05, 4.69) is 20.7 Å². The maximum atomic E-state index is 11.5. The van der Waals surface area contributed by atoms with Crippen molar-refractivity contribution in [2.45, 2.75) is 12.8 Å². The van der Waals surface area contributed by atoms with Gasteiger partial charge in [0, 0.05) is 0 Å². The molecule has 0 bridgehead atoms. The molecule has 0 atom stereocenters. The van der Waals surface area contributed by atoms with Gasteiger partial charge in [-0.3, -0.25) is 0 Å². The Hall–Kier alpha value is -2.21. The van der Waals surface area contributed by atoms with E-state index in [0.29, 0.717) is 30.2 Å². The van der Waals surface area contributed by atoms with Gasteiger partial charge >= 0.3 is 5.97 Å². The number of carbonyl (C=O) groups is 1. The maximum absolute atomic E-state index is 11.5. The van der Waals surface area contributed by atoms with E-state index in [4.69, 9.17) is 15.2 Å². The number of anilines is 1. The Kier molecular flexibility index (Phi) is 6.93. The fourth-order valence-corrected chi connectivity index (χ4v) is 2.43. The maximum Gasteiger partial charge on any atom is 0.337 e. The molecular weight excluding hydrogens is 374 g/mol. The van der Waals surface area contributed by atoms with Crippen LogP contribution in [0.15, 0.2) is 46.9 Å². The molecular formula is C18H20BrNO4. The second-order valence-corrected chi connectivity index (χ2v) is 5.93. The van der Waals surface area contributed by atoms with E-state index in [1.807, 2.05) is 24.3 Å². The quantitative estimate of drug-likeness (QED) is 0.416. The Morgan fingerprint density at radius 2 is 1.71 bits per heavy atom. The summed E-state index contributed by atoms with van der Waals surface area (Å²) in [6.07, 6.45) is 1.66. The molecule has 2 N–H and O–H groups in total. The number of benzene rings is 2. The smallest absolute Gasteiger partial charge is 0.337 e. The van der Waals surface area contributed by atoms with Crippen LogP contribution in [0.25, 0.3) is 0 Å². The van der Waals surface area contributed by atoms with Crippen LogP contribution in [0.1, 0.15) is 23.2 Å². The fourth-order valence-electron chi connectivity index (χ4n) is 2.03. The standard InChI is InChI=1S/C18H20BrNO4/c1-22-18(21)13-8-9-15(20)17(12-13)24-11-5-4-10-23-16-7-3-2-6-14(16)19/h2-3,6-9,12H,4-5,10-11,20H2,1H3. The summed E-state index contributed by atoms with van der Waals surface area (Å²) in [5, 5.41) is 0. The van der Waals surface area contributed by atoms with Crippen LogP contribution in [-0.4, -0.2) is 26.3 Å². The van der Waals surface area contributed by atoms with Crippen LogP contribution in [-0.2, 0) is 4.74 Å². The van der Waals surface area contributed by atoms with E-state index >= 15 is 0 Å². The van der Waals surface area contributed by atoms with E-state index in [0.717, 1.165) is 23.1 Å². The summed E-state index contributed by atoms with van der Waals surface area (Å²) in [5.74, 6) is 0.903. The third-order valence-electron chi connectivity index (χ3n) is 3.33. The number of carbonyl (C=O) groups excluding carboxylic acids is 1. The van der Waals surface area contributed by atoms with Crippen molar-refractivity contribution in [3.05, 3.63) is 52.5 Å². The van der Waals surface area contributed by atoms with Crippen molar-refractivity contribution in [2.24, 2.45) is 0 Å². The number of unbranched alkanes of at least 4 members (excludes halogenated alkanes) is 1. The molecule has 0 amide bonds. The van der Waals surface area contributed by atoms with E-state index in [1.165, 1.54) is 7.11 Å². The number of nitrogens with two attached hydrogens (primary N) is 1. The number of ether oxygens (including phenoxy) is 3. The lowest BCUT2D eigenvalue weighted by atomic mass is 10.2. The average molecular weight is 394 g/mol. The highest BCUT2D eigenvalue weighted by atomic mass is 79.9. The summed E-state index contributed by atoms with van der Waals surface area (Å²) in [6.45, 7) is 1.10. The van der Waals surface area contributed by atoms with Crippen molar-refractivity contribution >= 4 is 27.6 Å². The van der Waals surface area contributed by atoms with Crippen LogP contribution in [0.2, 0.25) is 0 Å². The zero-order valence-electron chi connectivity index (χ0n) is 13.5. The van der Waals surface area contributed by atoms with Crippen molar-refractivity contribution in [3.63, 3.8) is 0 Å². The van der Waals surface area contributed by atoms with Gasteiger partial charge in [-0.05, 0) is 59.1 Å². The van der Waals surface area contributed by atoms with Gasteiger partial charge in [0.25, 0.3) is 0 Å². The third kappa shape index (κ3) is 5.16. The number of halogens is 1. The number of para-hydroxylation sites is 1. The monoisotopic (exact) mass is 393 g/mol. The molecule has 0 radical (unpaired) electrons. The lowest BCUT2D eigenvalue weighted by Crippen LogP contribution is -2.06. The lowest BCUT2D eigenvalue weighted by molar-refractivity contribution is 0.0600. The zero-order valence-corrected chi connectivity index (χ0v) is 15.0. The molecule has 6 heteroatoms. The highest BCUT2D eigenvalue weighted by Gasteiger charge is 2.09. The first-order chi connectivity index (χ1) is 11.6. The van der Waals surface area contributed by atoms with Gasteiger partial charge in [0.1, 0.15) is 11.5 Å². The van der Waals surface area contributed by atoms with Gasteiger partial charge in [0.15, 0.2) is 0 Å². The summed E-state index contributed by atoms with van der Waals surface area (Å²) in [7, 11) is 1.34. The highest BCUT2D eigenvalue weighted by Crippen LogP contribution is 2.25. The lowest BCUT2D eigenvalue weighted by Gasteiger charge is -2.11. The predicted molar refractivity (Wildman–Crippen MR) is 96.6 cm³/mol. The third-order valence-corrected chi connectivity index (χ3v) is 3.98. The molecule has 24 heavy (non-hydrogen) atoms. The first-order valence-electron chi connectivity index (χ1n) is 7.60. The van der Waals surface area contributed by atoms with Gasteiger partial charge in [-0.25, -0.2) is 4.79 Å². The molecule has 0 heterocycles. The minimum Gasteiger partial charge on any atom is -0.492 e. The number of methoxy groups -OCH3 is 1. The Morgan fingerprint density at radius 1 is 1.04 bits per heavy atom. The molecule has 0 aliphatic rings. The largest absolute Gasteiger partial charge is 0.492 e. The minimum atomic E-state index is -0.415. The molecule has 2 aromatic rings. The van der Waals surface area contributed by atoms with Gasteiger partial charge in [-0.1, -0.05) is 12.1 Å². The van der Waals surface area contributed by atoms with Crippen LogP contribution in [0.5, 0.6) is 11.5 Å². The minimum absolute atomic E-state index is 0.415. The first kappa shape index (κ1) is 18.1. The second kappa shape index (κ2) is 9.17. The van der Waals surface area contributed by atoms with Crippen LogP contribution in [0.4, 0.5) is 5.69 Å². The van der Waals surface area contributed by atoms with Crippen molar-refractivity contribution in [1.82, 2.24) is 0 Å². The number of hydrogen-bond donors (Lipinski definition) is 1. The van der Waals surface area contributed by atoms with E-state index in [1.54, 1.807) is 18.2 Å². The summed E-state index contributed by atoms with van der Waals surface area (Å²) >= 11 is 3.44. The molecule has 2 rings (SSSR count). The molecule has 0 aliphatic heterocycles. The average Bonchev–Trinajstić information content (AvgIpc) is 2.60. The van der Waals surface area contributed by atoms with Gasteiger partial charge in [0.05, 0.1) is 36.0 Å². The Labute approximate surface area is 149 Å². The summed E-state index contributed by atoms with van der Waals surface area (Å²) in [4.78, 5) is 11.5. The van der Waals surface area contributed by atoms with Crippen LogP contribution in [0.3, 0.4) is 0 Å². The SMILES string of the molecule is COC(=O)c1ccc(N)c(OCCCCOc2ccccc2Br)c1. The molecule has 0 spiro atoms. The first-order valence-corrected chi connectivity index (χ1v) is 8.39. The van der Waals surface area contributed by atoms with Crippen molar-refractivity contribution in [3.8, 4) is 11.5 Å². The number of rotatable bonds is 8. The fraction of sp³-hybridized carbons (Fsp3) is 0.278. The molecule has 0 saturated carbocycles. The number of esters is 1. The van der Waals surface area contributed by atoms with E-state index in [9.17, 15) is 4.79 Å². The van der Waals surface area contributed by atoms with Crippen LogP contribution >= 0.6 is 15.9 Å². The molecule has 0 unspecified atom stereocenters. The van der Waals surface area contributed by atoms with Gasteiger partial charge in [-0.15, -0.1) is 0 Å². The second-order valence-electron chi connectivity index (χ2n) is 5.08. The molecule has 0 fully saturated rings. The molecule has 5 nitrogen and oxygen atoms in total. The molecule has 0 aliphatic carbocycles. The predicted octanol–water partition coefficient (Wildman–Crippen LogP) is 4.06. The van der Waals surface area contributed by atoms with Crippen molar-refractivity contribution < 1.29 is 19.0 Å². The van der Waals surface area contributed by atoms with E-state index in [-0.39, 0.29) is 0 Å².